The molecule has 3 N–H and O–H groups in total. The highest BCUT2D eigenvalue weighted by atomic mass is 79.9. The number of aromatic nitrogens is 2. The third-order valence-corrected chi connectivity index (χ3v) is 7.10. The molecule has 1 aromatic carbocycles. The van der Waals surface area contributed by atoms with Crippen molar-refractivity contribution in [1.82, 2.24) is 20.2 Å². The SMILES string of the molecule is Cc1ccc(CNc2ncc(C(=O)NCCCN3CCOC3=O)c(NC3CCCCC3)n2)c(Br)c1. The largest absolute Gasteiger partial charge is 0.448 e. The van der Waals surface area contributed by atoms with E-state index >= 15 is 0 Å². The Bertz CT molecular complexity index is 1040. The second-order valence-electron chi connectivity index (χ2n) is 9.09. The summed E-state index contributed by atoms with van der Waals surface area (Å²) in [5.74, 6) is 0.804. The molecule has 0 unspecified atom stereocenters. The Kier molecular flexibility index (Phi) is 8.79. The highest BCUT2D eigenvalue weighted by Gasteiger charge is 2.22. The zero-order valence-electron chi connectivity index (χ0n) is 20.1. The summed E-state index contributed by atoms with van der Waals surface area (Å²) in [4.78, 5) is 35.3. The minimum absolute atomic E-state index is 0.222. The van der Waals surface area contributed by atoms with Gasteiger partial charge in [-0.05, 0) is 43.4 Å². The van der Waals surface area contributed by atoms with Crippen molar-refractivity contribution in [3.05, 3.63) is 45.6 Å². The lowest BCUT2D eigenvalue weighted by atomic mass is 9.95. The van der Waals surface area contributed by atoms with E-state index in [2.05, 4.69) is 67.0 Å². The first-order chi connectivity index (χ1) is 17.0. The lowest BCUT2D eigenvalue weighted by molar-refractivity contribution is 0.0952. The summed E-state index contributed by atoms with van der Waals surface area (Å²) < 4.78 is 5.97. The number of nitrogens with zero attached hydrogens (tertiary/aromatic N) is 3. The van der Waals surface area contributed by atoms with Gasteiger partial charge in [0.05, 0.1) is 6.54 Å². The molecule has 1 aliphatic carbocycles. The first kappa shape index (κ1) is 25.2. The highest BCUT2D eigenvalue weighted by molar-refractivity contribution is 9.10. The van der Waals surface area contributed by atoms with Crippen LogP contribution < -0.4 is 16.0 Å². The van der Waals surface area contributed by atoms with Gasteiger partial charge in [-0.2, -0.15) is 4.98 Å². The van der Waals surface area contributed by atoms with Crippen LogP contribution in [-0.4, -0.2) is 59.2 Å². The van der Waals surface area contributed by atoms with Gasteiger partial charge >= 0.3 is 6.09 Å². The summed E-state index contributed by atoms with van der Waals surface area (Å²) in [5, 5.41) is 9.72. The van der Waals surface area contributed by atoms with E-state index in [1.165, 1.54) is 24.8 Å². The number of aryl methyl sites for hydroxylation is 1. The van der Waals surface area contributed by atoms with Crippen LogP contribution in [0.25, 0.3) is 0 Å². The summed E-state index contributed by atoms with van der Waals surface area (Å²) >= 11 is 3.61. The van der Waals surface area contributed by atoms with Gasteiger partial charge in [0, 0.05) is 36.3 Å². The quantitative estimate of drug-likeness (QED) is 0.378. The number of nitrogens with one attached hydrogen (secondary N) is 3. The molecule has 2 amide bonds. The molecule has 2 fully saturated rings. The smallest absolute Gasteiger partial charge is 0.409 e. The van der Waals surface area contributed by atoms with Gasteiger partial charge in [0.2, 0.25) is 5.95 Å². The molecule has 0 bridgehead atoms. The molecule has 10 heteroatoms. The van der Waals surface area contributed by atoms with Gasteiger partial charge in [-0.1, -0.05) is 47.3 Å². The van der Waals surface area contributed by atoms with E-state index in [0.717, 1.165) is 22.9 Å². The van der Waals surface area contributed by atoms with Crippen LogP contribution in [0.1, 0.15) is 60.0 Å². The molecular weight excluding hydrogens is 512 g/mol. The van der Waals surface area contributed by atoms with Crippen molar-refractivity contribution in [3.63, 3.8) is 0 Å². The summed E-state index contributed by atoms with van der Waals surface area (Å²) in [6.07, 6.45) is 7.68. The second-order valence-corrected chi connectivity index (χ2v) is 9.95. The first-order valence-electron chi connectivity index (χ1n) is 12.3. The number of halogens is 1. The van der Waals surface area contributed by atoms with Gasteiger partial charge in [0.25, 0.3) is 5.91 Å². The van der Waals surface area contributed by atoms with Crippen molar-refractivity contribution in [2.24, 2.45) is 0 Å². The van der Waals surface area contributed by atoms with Gasteiger partial charge < -0.3 is 25.6 Å². The Hall–Kier alpha value is -2.88. The van der Waals surface area contributed by atoms with Gasteiger partial charge in [-0.15, -0.1) is 0 Å². The Labute approximate surface area is 214 Å². The minimum Gasteiger partial charge on any atom is -0.448 e. The number of ether oxygens (including phenoxy) is 1. The molecule has 2 aromatic rings. The third-order valence-electron chi connectivity index (χ3n) is 6.36. The zero-order valence-corrected chi connectivity index (χ0v) is 21.7. The average molecular weight is 545 g/mol. The number of rotatable bonds is 10. The van der Waals surface area contributed by atoms with Gasteiger partial charge in [-0.25, -0.2) is 9.78 Å². The number of anilines is 2. The fourth-order valence-electron chi connectivity index (χ4n) is 4.35. The molecule has 0 radical (unpaired) electrons. The van der Waals surface area contributed by atoms with Crippen molar-refractivity contribution in [2.45, 2.75) is 58.0 Å². The molecule has 1 saturated carbocycles. The molecular formula is C25H33BrN6O3. The van der Waals surface area contributed by atoms with E-state index in [0.29, 0.717) is 62.6 Å². The van der Waals surface area contributed by atoms with Crippen molar-refractivity contribution in [1.29, 1.82) is 0 Å². The monoisotopic (exact) mass is 544 g/mol. The van der Waals surface area contributed by atoms with E-state index in [1.807, 2.05) is 0 Å². The maximum atomic E-state index is 13.0. The van der Waals surface area contributed by atoms with E-state index < -0.39 is 0 Å². The normalized spacial score (nSPS) is 16.2. The van der Waals surface area contributed by atoms with Crippen LogP contribution in [0.4, 0.5) is 16.6 Å². The van der Waals surface area contributed by atoms with Crippen molar-refractivity contribution >= 4 is 39.7 Å². The Morgan fingerprint density at radius 1 is 1.26 bits per heavy atom. The number of benzene rings is 1. The third kappa shape index (κ3) is 7.06. The number of amides is 2. The Morgan fingerprint density at radius 2 is 2.09 bits per heavy atom. The number of hydrogen-bond donors (Lipinski definition) is 3. The second kappa shape index (κ2) is 12.2. The first-order valence-corrected chi connectivity index (χ1v) is 13.1. The van der Waals surface area contributed by atoms with Gasteiger partial charge in [0.1, 0.15) is 18.0 Å². The molecule has 4 rings (SSSR count). The molecule has 1 aliphatic heterocycles. The zero-order chi connectivity index (χ0) is 24.6. The number of hydrogen-bond acceptors (Lipinski definition) is 7. The lowest BCUT2D eigenvalue weighted by Crippen LogP contribution is -2.32. The van der Waals surface area contributed by atoms with Crippen LogP contribution in [0.3, 0.4) is 0 Å². The molecule has 0 atom stereocenters. The van der Waals surface area contributed by atoms with Crippen molar-refractivity contribution < 1.29 is 14.3 Å². The average Bonchev–Trinajstić information content (AvgIpc) is 3.26. The van der Waals surface area contributed by atoms with Crippen molar-refractivity contribution in [2.75, 3.05) is 36.9 Å². The number of cyclic esters (lactones) is 1. The molecule has 1 saturated heterocycles. The molecule has 9 nitrogen and oxygen atoms in total. The summed E-state index contributed by atoms with van der Waals surface area (Å²) in [6, 6.07) is 6.51. The summed E-state index contributed by atoms with van der Waals surface area (Å²) in [5.41, 5.74) is 2.72. The topological polar surface area (TPSA) is 108 Å². The molecule has 188 valence electrons. The molecule has 35 heavy (non-hydrogen) atoms. The van der Waals surface area contributed by atoms with Crippen LogP contribution in [0.2, 0.25) is 0 Å². The van der Waals surface area contributed by atoms with E-state index in [4.69, 9.17) is 4.74 Å². The highest BCUT2D eigenvalue weighted by Crippen LogP contribution is 2.24. The molecule has 2 heterocycles. The Balaban J connectivity index is 1.40. The van der Waals surface area contributed by atoms with Crippen LogP contribution in [0, 0.1) is 6.92 Å². The number of carbonyl (C=O) groups is 2. The minimum atomic E-state index is -0.288. The fraction of sp³-hybridized carbons (Fsp3) is 0.520. The molecule has 1 aromatic heterocycles. The van der Waals surface area contributed by atoms with Crippen LogP contribution in [0.5, 0.6) is 0 Å². The fourth-order valence-corrected chi connectivity index (χ4v) is 4.98. The lowest BCUT2D eigenvalue weighted by Gasteiger charge is -2.24. The van der Waals surface area contributed by atoms with E-state index in [1.54, 1.807) is 11.1 Å². The maximum absolute atomic E-state index is 13.0. The van der Waals surface area contributed by atoms with E-state index in [-0.39, 0.29) is 12.0 Å². The van der Waals surface area contributed by atoms with Gasteiger partial charge in [0.15, 0.2) is 0 Å². The van der Waals surface area contributed by atoms with Crippen molar-refractivity contribution in [3.8, 4) is 0 Å². The van der Waals surface area contributed by atoms with Crippen LogP contribution >= 0.6 is 15.9 Å². The predicted molar refractivity (Wildman–Crippen MR) is 139 cm³/mol. The van der Waals surface area contributed by atoms with Gasteiger partial charge in [-0.3, -0.25) is 4.79 Å². The standard InChI is InChI=1S/C25H33BrN6O3/c1-17-8-9-18(21(26)14-17)15-28-24-29-16-20(22(31-24)30-19-6-3-2-4-7-19)23(33)27-10-5-11-32-12-13-35-25(32)34/h8-9,14,16,19H,2-7,10-13,15H2,1H3,(H,27,33)(H2,28,29,30,31). The van der Waals surface area contributed by atoms with Crippen LogP contribution in [0.15, 0.2) is 28.9 Å². The van der Waals surface area contributed by atoms with E-state index in [9.17, 15) is 9.59 Å². The molecule has 2 aliphatic rings. The van der Waals surface area contributed by atoms with Crippen LogP contribution in [-0.2, 0) is 11.3 Å². The Morgan fingerprint density at radius 3 is 2.83 bits per heavy atom. The summed E-state index contributed by atoms with van der Waals surface area (Å²) in [6.45, 7) is 4.66. The number of carbonyl (C=O) groups excluding carboxylic acids is 2. The maximum Gasteiger partial charge on any atom is 0.409 e. The molecule has 0 spiro atoms. The predicted octanol–water partition coefficient (Wildman–Crippen LogP) is 4.48. The summed E-state index contributed by atoms with van der Waals surface area (Å²) in [7, 11) is 0.